The first kappa shape index (κ1) is 9.80. The minimum atomic E-state index is 0.292. The Morgan fingerprint density at radius 1 is 1.40 bits per heavy atom. The van der Waals surface area contributed by atoms with Crippen molar-refractivity contribution in [3.63, 3.8) is 0 Å². The van der Waals surface area contributed by atoms with Crippen molar-refractivity contribution in [3.05, 3.63) is 12.7 Å². The number of hydrazine groups is 1. The van der Waals surface area contributed by atoms with Gasteiger partial charge in [0.2, 0.25) is 5.95 Å². The van der Waals surface area contributed by atoms with E-state index in [2.05, 4.69) is 30.5 Å². The topological polar surface area (TPSA) is 107 Å². The lowest BCUT2D eigenvalue weighted by molar-refractivity contribution is 0.760. The number of aromatic nitrogens is 6. The van der Waals surface area contributed by atoms with Crippen LogP contribution in [0, 0.1) is 0 Å². The molecule has 0 aliphatic rings. The Balaban J connectivity index is 2.47. The SMILES string of the molecule is CSc1nc(NN)nc(-n2cncn2)n1. The van der Waals surface area contributed by atoms with Crippen LogP contribution >= 0.6 is 11.8 Å². The number of hydrogen-bond donors (Lipinski definition) is 2. The summed E-state index contributed by atoms with van der Waals surface area (Å²) in [5.41, 5.74) is 2.37. The van der Waals surface area contributed by atoms with Crippen molar-refractivity contribution >= 4 is 17.7 Å². The molecule has 0 aliphatic carbocycles. The van der Waals surface area contributed by atoms with Crippen molar-refractivity contribution in [3.8, 4) is 5.95 Å². The monoisotopic (exact) mass is 224 g/mol. The van der Waals surface area contributed by atoms with E-state index >= 15 is 0 Å². The van der Waals surface area contributed by atoms with Crippen LogP contribution in [-0.4, -0.2) is 36.0 Å². The number of anilines is 1. The Bertz CT molecular complexity index is 418. The van der Waals surface area contributed by atoms with E-state index < -0.39 is 0 Å². The molecule has 2 heterocycles. The Hall–Kier alpha value is -1.74. The molecule has 0 spiro atoms. The number of nitrogens with one attached hydrogen (secondary N) is 1. The number of hydrogen-bond acceptors (Lipinski definition) is 8. The molecule has 0 radical (unpaired) electrons. The fraction of sp³-hybridized carbons (Fsp3) is 0.167. The molecule has 78 valence electrons. The summed E-state index contributed by atoms with van der Waals surface area (Å²) in [6.45, 7) is 0. The zero-order valence-corrected chi connectivity index (χ0v) is 8.64. The summed E-state index contributed by atoms with van der Waals surface area (Å²) < 4.78 is 1.43. The first-order valence-corrected chi connectivity index (χ1v) is 5.17. The standard InChI is InChI=1S/C6H8N8S/c1-15-6-11-4(13-7)10-5(12-6)14-3-8-2-9-14/h2-3H,7H2,1H3,(H,10,11,12,13). The first-order valence-electron chi connectivity index (χ1n) is 3.95. The quantitative estimate of drug-likeness (QED) is 0.406. The Kier molecular flexibility index (Phi) is 2.74. The molecule has 2 rings (SSSR count). The highest BCUT2D eigenvalue weighted by Gasteiger charge is 2.06. The summed E-state index contributed by atoms with van der Waals surface area (Å²) >= 11 is 1.39. The highest BCUT2D eigenvalue weighted by Crippen LogP contribution is 2.11. The van der Waals surface area contributed by atoms with Gasteiger partial charge in [0.05, 0.1) is 0 Å². The molecular formula is C6H8N8S. The first-order chi connectivity index (χ1) is 7.33. The molecule has 0 aromatic carbocycles. The van der Waals surface area contributed by atoms with Gasteiger partial charge >= 0.3 is 0 Å². The van der Waals surface area contributed by atoms with Crippen LogP contribution in [0.25, 0.3) is 5.95 Å². The Morgan fingerprint density at radius 2 is 2.27 bits per heavy atom. The third-order valence-electron chi connectivity index (χ3n) is 1.54. The van der Waals surface area contributed by atoms with Crippen LogP contribution in [0.2, 0.25) is 0 Å². The van der Waals surface area contributed by atoms with Crippen LogP contribution in [0.4, 0.5) is 5.95 Å². The third kappa shape index (κ3) is 2.02. The molecule has 0 atom stereocenters. The van der Waals surface area contributed by atoms with E-state index in [1.54, 1.807) is 0 Å². The maximum atomic E-state index is 5.24. The molecule has 2 aromatic rings. The second kappa shape index (κ2) is 4.19. The summed E-state index contributed by atoms with van der Waals surface area (Å²) in [6, 6.07) is 0. The molecule has 0 fully saturated rings. The predicted octanol–water partition coefficient (Wildman–Crippen LogP) is -0.540. The zero-order chi connectivity index (χ0) is 10.7. The second-order valence-corrected chi connectivity index (χ2v) is 3.20. The number of nitrogens with two attached hydrogens (primary N) is 1. The van der Waals surface area contributed by atoms with Gasteiger partial charge in [-0.1, -0.05) is 11.8 Å². The van der Waals surface area contributed by atoms with E-state index in [0.717, 1.165) is 0 Å². The summed E-state index contributed by atoms with van der Waals surface area (Å²) in [6.07, 6.45) is 4.76. The maximum absolute atomic E-state index is 5.24. The van der Waals surface area contributed by atoms with Crippen molar-refractivity contribution < 1.29 is 0 Å². The Morgan fingerprint density at radius 3 is 2.87 bits per heavy atom. The largest absolute Gasteiger partial charge is 0.292 e. The van der Waals surface area contributed by atoms with Crippen LogP contribution in [0.5, 0.6) is 0 Å². The van der Waals surface area contributed by atoms with Crippen molar-refractivity contribution in [2.45, 2.75) is 5.16 Å². The van der Waals surface area contributed by atoms with Crippen molar-refractivity contribution in [2.24, 2.45) is 5.84 Å². The summed E-state index contributed by atoms with van der Waals surface area (Å²) in [7, 11) is 0. The lowest BCUT2D eigenvalue weighted by atomic mass is 10.8. The van der Waals surface area contributed by atoms with Gasteiger partial charge in [0.25, 0.3) is 5.95 Å². The second-order valence-electron chi connectivity index (χ2n) is 2.43. The molecule has 0 bridgehead atoms. The summed E-state index contributed by atoms with van der Waals surface area (Å²) in [5, 5.41) is 4.47. The highest BCUT2D eigenvalue weighted by atomic mass is 32.2. The van der Waals surface area contributed by atoms with E-state index in [4.69, 9.17) is 5.84 Å². The minimum absolute atomic E-state index is 0.292. The number of nitrogen functional groups attached to an aromatic ring is 1. The molecule has 3 N–H and O–H groups in total. The molecule has 0 aliphatic heterocycles. The molecule has 9 heteroatoms. The maximum Gasteiger partial charge on any atom is 0.257 e. The molecule has 15 heavy (non-hydrogen) atoms. The number of thioether (sulfide) groups is 1. The number of nitrogens with zero attached hydrogens (tertiary/aromatic N) is 6. The zero-order valence-electron chi connectivity index (χ0n) is 7.82. The highest BCUT2D eigenvalue weighted by molar-refractivity contribution is 7.98. The smallest absolute Gasteiger partial charge is 0.257 e. The van der Waals surface area contributed by atoms with Gasteiger partial charge in [-0.2, -0.15) is 24.7 Å². The third-order valence-corrected chi connectivity index (χ3v) is 2.09. The Labute approximate surface area is 89.3 Å². The van der Waals surface area contributed by atoms with Gasteiger partial charge in [-0.15, -0.1) is 0 Å². The predicted molar refractivity (Wildman–Crippen MR) is 54.3 cm³/mol. The van der Waals surface area contributed by atoms with Crippen molar-refractivity contribution in [1.82, 2.24) is 29.7 Å². The summed E-state index contributed by atoms with van der Waals surface area (Å²) in [5.74, 6) is 5.90. The van der Waals surface area contributed by atoms with Gasteiger partial charge < -0.3 is 0 Å². The molecule has 2 aromatic heterocycles. The van der Waals surface area contributed by atoms with Crippen LogP contribution < -0.4 is 11.3 Å². The molecule has 0 saturated heterocycles. The fourth-order valence-corrected chi connectivity index (χ4v) is 1.27. The van der Waals surface area contributed by atoms with E-state index in [1.807, 2.05) is 6.26 Å². The van der Waals surface area contributed by atoms with E-state index in [0.29, 0.717) is 17.1 Å². The normalized spacial score (nSPS) is 10.3. The van der Waals surface area contributed by atoms with Crippen molar-refractivity contribution in [1.29, 1.82) is 0 Å². The fourth-order valence-electron chi connectivity index (χ4n) is 0.916. The molecule has 0 amide bonds. The van der Waals surface area contributed by atoms with Crippen LogP contribution in [-0.2, 0) is 0 Å². The van der Waals surface area contributed by atoms with E-state index in [1.165, 1.54) is 29.1 Å². The van der Waals surface area contributed by atoms with Gasteiger partial charge in [-0.25, -0.2) is 10.8 Å². The number of rotatable bonds is 3. The van der Waals surface area contributed by atoms with Crippen LogP contribution in [0.3, 0.4) is 0 Å². The van der Waals surface area contributed by atoms with Crippen LogP contribution in [0.1, 0.15) is 0 Å². The van der Waals surface area contributed by atoms with Gasteiger partial charge in [0.1, 0.15) is 12.7 Å². The van der Waals surface area contributed by atoms with Crippen molar-refractivity contribution in [2.75, 3.05) is 11.7 Å². The molecule has 0 saturated carbocycles. The van der Waals surface area contributed by atoms with Gasteiger partial charge in [0, 0.05) is 0 Å². The van der Waals surface area contributed by atoms with Crippen LogP contribution in [0.15, 0.2) is 17.8 Å². The van der Waals surface area contributed by atoms with Gasteiger partial charge in [-0.3, -0.25) is 5.43 Å². The molecular weight excluding hydrogens is 216 g/mol. The lowest BCUT2D eigenvalue weighted by Gasteiger charge is -2.03. The lowest BCUT2D eigenvalue weighted by Crippen LogP contribution is -2.14. The van der Waals surface area contributed by atoms with Gasteiger partial charge in [-0.05, 0) is 6.26 Å². The summed E-state index contributed by atoms with van der Waals surface area (Å²) in [4.78, 5) is 16.0. The average Bonchev–Trinajstić information content (AvgIpc) is 2.81. The average molecular weight is 224 g/mol. The molecule has 0 unspecified atom stereocenters. The van der Waals surface area contributed by atoms with E-state index in [9.17, 15) is 0 Å². The molecule has 8 nitrogen and oxygen atoms in total. The van der Waals surface area contributed by atoms with Gasteiger partial charge in [0.15, 0.2) is 5.16 Å². The van der Waals surface area contributed by atoms with E-state index in [-0.39, 0.29) is 0 Å². The minimum Gasteiger partial charge on any atom is -0.292 e.